The van der Waals surface area contributed by atoms with Gasteiger partial charge in [-0.2, -0.15) is 11.8 Å². The lowest BCUT2D eigenvalue weighted by molar-refractivity contribution is 0.570. The van der Waals surface area contributed by atoms with Gasteiger partial charge in [-0.05, 0) is 44.4 Å². The predicted molar refractivity (Wildman–Crippen MR) is 69.2 cm³/mol. The molecule has 1 N–H and O–H groups in total. The Morgan fingerprint density at radius 2 is 1.82 bits per heavy atom. The lowest BCUT2D eigenvalue weighted by Gasteiger charge is -2.22. The second-order valence-corrected chi connectivity index (χ2v) is 7.52. The van der Waals surface area contributed by atoms with Crippen molar-refractivity contribution in [2.24, 2.45) is 0 Å². The number of nitrogens with one attached hydrogen (secondary N) is 1. The van der Waals surface area contributed by atoms with E-state index in [1.807, 2.05) is 20.1 Å². The first kappa shape index (κ1) is 14.5. The van der Waals surface area contributed by atoms with Crippen LogP contribution in [0.4, 0.5) is 4.39 Å². The summed E-state index contributed by atoms with van der Waals surface area (Å²) in [6, 6.07) is 4.77. The molecule has 0 saturated heterocycles. The highest BCUT2D eigenvalue weighted by atomic mass is 32.2. The molecule has 96 valence electrons. The van der Waals surface area contributed by atoms with Gasteiger partial charge in [-0.3, -0.25) is 0 Å². The monoisotopic (exact) mass is 277 g/mol. The minimum atomic E-state index is -3.55. The molecule has 0 aliphatic carbocycles. The molecule has 17 heavy (non-hydrogen) atoms. The third-order valence-corrected chi connectivity index (χ3v) is 5.03. The summed E-state index contributed by atoms with van der Waals surface area (Å²) < 4.78 is 38.8. The Morgan fingerprint density at radius 1 is 1.29 bits per heavy atom. The van der Waals surface area contributed by atoms with Crippen LogP contribution >= 0.6 is 11.8 Å². The molecule has 1 rings (SSSR count). The Hall–Kier alpha value is -0.590. The van der Waals surface area contributed by atoms with Crippen molar-refractivity contribution in [3.8, 4) is 0 Å². The minimum Gasteiger partial charge on any atom is -0.210 e. The van der Waals surface area contributed by atoms with E-state index in [9.17, 15) is 12.8 Å². The summed E-state index contributed by atoms with van der Waals surface area (Å²) in [4.78, 5) is 0.0794. The molecule has 0 bridgehead atoms. The topological polar surface area (TPSA) is 46.2 Å². The van der Waals surface area contributed by atoms with E-state index in [0.29, 0.717) is 6.54 Å². The van der Waals surface area contributed by atoms with Gasteiger partial charge < -0.3 is 0 Å². The Kier molecular flexibility index (Phi) is 4.57. The van der Waals surface area contributed by atoms with Crippen LogP contribution in [0.15, 0.2) is 29.2 Å². The van der Waals surface area contributed by atoms with Gasteiger partial charge >= 0.3 is 0 Å². The first-order chi connectivity index (χ1) is 7.77. The van der Waals surface area contributed by atoms with Crippen LogP contribution in [-0.4, -0.2) is 26.0 Å². The van der Waals surface area contributed by atoms with Crippen molar-refractivity contribution >= 4 is 21.8 Å². The van der Waals surface area contributed by atoms with Gasteiger partial charge in [-0.1, -0.05) is 0 Å². The van der Waals surface area contributed by atoms with Crippen molar-refractivity contribution in [2.45, 2.75) is 23.5 Å². The first-order valence-corrected chi connectivity index (χ1v) is 7.78. The molecule has 0 radical (unpaired) electrons. The smallest absolute Gasteiger partial charge is 0.210 e. The summed E-state index contributed by atoms with van der Waals surface area (Å²) in [6.07, 6.45) is 1.92. The quantitative estimate of drug-likeness (QED) is 0.898. The maximum atomic E-state index is 12.7. The fraction of sp³-hybridized carbons (Fsp3) is 0.455. The number of benzene rings is 1. The molecule has 3 nitrogen and oxygen atoms in total. The largest absolute Gasteiger partial charge is 0.240 e. The van der Waals surface area contributed by atoms with E-state index in [2.05, 4.69) is 4.72 Å². The summed E-state index contributed by atoms with van der Waals surface area (Å²) in [5.74, 6) is -0.451. The second kappa shape index (κ2) is 5.37. The number of rotatable bonds is 5. The van der Waals surface area contributed by atoms with Crippen LogP contribution in [0.25, 0.3) is 0 Å². The van der Waals surface area contributed by atoms with E-state index < -0.39 is 15.8 Å². The van der Waals surface area contributed by atoms with E-state index in [-0.39, 0.29) is 9.64 Å². The molecule has 6 heteroatoms. The minimum absolute atomic E-state index is 0.0794. The zero-order chi connectivity index (χ0) is 13.1. The van der Waals surface area contributed by atoms with Crippen LogP contribution in [-0.2, 0) is 10.0 Å². The van der Waals surface area contributed by atoms with Gasteiger partial charge in [0.2, 0.25) is 10.0 Å². The molecular weight excluding hydrogens is 261 g/mol. The van der Waals surface area contributed by atoms with Gasteiger partial charge in [-0.25, -0.2) is 17.5 Å². The number of halogens is 1. The van der Waals surface area contributed by atoms with Gasteiger partial charge in [0.1, 0.15) is 5.82 Å². The Labute approximate surface area is 106 Å². The normalized spacial score (nSPS) is 12.7. The number of thioether (sulfide) groups is 1. The Bertz CT molecular complexity index is 469. The zero-order valence-electron chi connectivity index (χ0n) is 10.0. The molecule has 0 atom stereocenters. The molecule has 0 unspecified atom stereocenters. The van der Waals surface area contributed by atoms with Crippen molar-refractivity contribution in [3.05, 3.63) is 30.1 Å². The van der Waals surface area contributed by atoms with Gasteiger partial charge in [0, 0.05) is 11.3 Å². The number of hydrogen-bond acceptors (Lipinski definition) is 3. The molecule has 0 aliphatic heterocycles. The third-order valence-electron chi connectivity index (χ3n) is 2.36. The second-order valence-electron chi connectivity index (χ2n) is 4.24. The van der Waals surface area contributed by atoms with Crippen LogP contribution < -0.4 is 4.72 Å². The molecule has 1 aromatic rings. The average Bonchev–Trinajstić information content (AvgIpc) is 2.27. The molecule has 0 spiro atoms. The van der Waals surface area contributed by atoms with E-state index in [4.69, 9.17) is 0 Å². The van der Waals surface area contributed by atoms with Gasteiger partial charge in [0.25, 0.3) is 0 Å². The van der Waals surface area contributed by atoms with Crippen molar-refractivity contribution in [2.75, 3.05) is 12.8 Å². The number of hydrogen-bond donors (Lipinski definition) is 1. The molecule has 0 heterocycles. The highest BCUT2D eigenvalue weighted by Crippen LogP contribution is 2.20. The predicted octanol–water partition coefficient (Wildman–Crippen LogP) is 2.25. The summed E-state index contributed by atoms with van der Waals surface area (Å²) in [5, 5.41) is 0. The van der Waals surface area contributed by atoms with Crippen molar-refractivity contribution in [1.82, 2.24) is 4.72 Å². The van der Waals surface area contributed by atoms with Gasteiger partial charge in [0.05, 0.1) is 4.90 Å². The maximum absolute atomic E-state index is 12.7. The lowest BCUT2D eigenvalue weighted by atomic mass is 10.2. The van der Waals surface area contributed by atoms with E-state index in [1.165, 1.54) is 12.1 Å². The van der Waals surface area contributed by atoms with Crippen molar-refractivity contribution in [1.29, 1.82) is 0 Å². The average molecular weight is 277 g/mol. The van der Waals surface area contributed by atoms with Gasteiger partial charge in [0.15, 0.2) is 0 Å². The van der Waals surface area contributed by atoms with Gasteiger partial charge in [-0.15, -0.1) is 0 Å². The zero-order valence-corrected chi connectivity index (χ0v) is 11.7. The highest BCUT2D eigenvalue weighted by Gasteiger charge is 2.21. The van der Waals surface area contributed by atoms with Crippen molar-refractivity contribution in [3.63, 3.8) is 0 Å². The molecule has 0 amide bonds. The standard InChI is InChI=1S/C11H16FNO2S2/c1-11(2,16-3)8-13-17(14,15)10-6-4-9(12)5-7-10/h4-7,13H,8H2,1-3H3. The van der Waals surface area contributed by atoms with Crippen LogP contribution in [0.1, 0.15) is 13.8 Å². The highest BCUT2D eigenvalue weighted by molar-refractivity contribution is 8.00. The molecular formula is C11H16FNO2S2. The fourth-order valence-corrected chi connectivity index (χ4v) is 2.56. The maximum Gasteiger partial charge on any atom is 0.240 e. The molecule has 0 saturated carbocycles. The van der Waals surface area contributed by atoms with Crippen LogP contribution in [0.5, 0.6) is 0 Å². The summed E-state index contributed by atoms with van der Waals surface area (Å²) in [6.45, 7) is 4.23. The summed E-state index contributed by atoms with van der Waals surface area (Å²) >= 11 is 1.58. The van der Waals surface area contributed by atoms with Crippen LogP contribution in [0.3, 0.4) is 0 Å². The lowest BCUT2D eigenvalue weighted by Crippen LogP contribution is -2.36. The number of sulfonamides is 1. The van der Waals surface area contributed by atoms with E-state index in [1.54, 1.807) is 11.8 Å². The molecule has 1 aromatic carbocycles. The molecule has 0 fully saturated rings. The van der Waals surface area contributed by atoms with Crippen LogP contribution in [0, 0.1) is 5.82 Å². The summed E-state index contributed by atoms with van der Waals surface area (Å²) in [5.41, 5.74) is 0. The SMILES string of the molecule is CSC(C)(C)CNS(=O)(=O)c1ccc(F)cc1. The Morgan fingerprint density at radius 3 is 2.29 bits per heavy atom. The first-order valence-electron chi connectivity index (χ1n) is 5.07. The molecule has 0 aliphatic rings. The van der Waals surface area contributed by atoms with E-state index in [0.717, 1.165) is 12.1 Å². The fourth-order valence-electron chi connectivity index (χ4n) is 1.04. The van der Waals surface area contributed by atoms with Crippen LogP contribution in [0.2, 0.25) is 0 Å². The summed E-state index contributed by atoms with van der Waals surface area (Å²) in [7, 11) is -3.55. The third kappa shape index (κ3) is 4.29. The van der Waals surface area contributed by atoms with E-state index >= 15 is 0 Å². The van der Waals surface area contributed by atoms with Crippen molar-refractivity contribution < 1.29 is 12.8 Å². The Balaban J connectivity index is 2.79. The molecule has 0 aromatic heterocycles.